The molecule has 26 heavy (non-hydrogen) atoms. The average Bonchev–Trinajstić information content (AvgIpc) is 2.68. The zero-order valence-corrected chi connectivity index (χ0v) is 16.4. The fourth-order valence-electron chi connectivity index (χ4n) is 2.85. The third kappa shape index (κ3) is 4.22. The molecule has 0 fully saturated rings. The molecular weight excluding hydrogens is 441 g/mol. The van der Waals surface area contributed by atoms with Gasteiger partial charge in [-0.3, -0.25) is 4.79 Å². The van der Waals surface area contributed by atoms with Crippen molar-refractivity contribution in [2.45, 2.75) is 12.5 Å². The van der Waals surface area contributed by atoms with Crippen LogP contribution in [0.5, 0.6) is 0 Å². The molecular formula is C21H18INO3. The van der Waals surface area contributed by atoms with Gasteiger partial charge in [-0.25, -0.2) is 4.79 Å². The van der Waals surface area contributed by atoms with Gasteiger partial charge in [0, 0.05) is 15.6 Å². The number of ether oxygens (including phenoxy) is 1. The smallest absolute Gasteiger partial charge is 0.328 e. The van der Waals surface area contributed by atoms with Gasteiger partial charge in [-0.15, -0.1) is 0 Å². The maximum atomic E-state index is 12.8. The zero-order chi connectivity index (χ0) is 18.5. The van der Waals surface area contributed by atoms with Crippen molar-refractivity contribution < 1.29 is 14.3 Å². The van der Waals surface area contributed by atoms with Crippen LogP contribution in [0.15, 0.2) is 66.7 Å². The molecule has 0 bridgehead atoms. The molecule has 3 aromatic carbocycles. The first-order chi connectivity index (χ1) is 12.6. The Morgan fingerprint density at radius 1 is 1.00 bits per heavy atom. The van der Waals surface area contributed by atoms with E-state index in [9.17, 15) is 9.59 Å². The van der Waals surface area contributed by atoms with Gasteiger partial charge in [-0.05, 0) is 57.1 Å². The molecule has 0 unspecified atom stereocenters. The van der Waals surface area contributed by atoms with Gasteiger partial charge in [0.15, 0.2) is 0 Å². The van der Waals surface area contributed by atoms with Crippen LogP contribution >= 0.6 is 22.6 Å². The second-order valence-electron chi connectivity index (χ2n) is 5.91. The van der Waals surface area contributed by atoms with Crippen LogP contribution in [0.3, 0.4) is 0 Å². The first-order valence-electron chi connectivity index (χ1n) is 8.19. The topological polar surface area (TPSA) is 55.4 Å². The number of nitrogens with one attached hydrogen (secondary N) is 1. The van der Waals surface area contributed by atoms with E-state index >= 15 is 0 Å². The second-order valence-corrected chi connectivity index (χ2v) is 7.15. The molecule has 0 aliphatic rings. The van der Waals surface area contributed by atoms with Crippen LogP contribution in [0.4, 0.5) is 0 Å². The summed E-state index contributed by atoms with van der Waals surface area (Å²) in [4.78, 5) is 25.0. The van der Waals surface area contributed by atoms with Gasteiger partial charge >= 0.3 is 5.97 Å². The Bertz CT molecular complexity index is 932. The summed E-state index contributed by atoms with van der Waals surface area (Å²) in [5.74, 6) is -0.750. The van der Waals surface area contributed by atoms with Crippen molar-refractivity contribution in [3.8, 4) is 0 Å². The first-order valence-corrected chi connectivity index (χ1v) is 9.27. The molecule has 5 heteroatoms. The standard InChI is InChI=1S/C21H18INO3/c1-26-21(25)19(13-14-9-11-16(22)12-10-14)23-20(24)18-8-4-6-15-5-2-3-7-17(15)18/h2-12,19H,13H2,1H3,(H,23,24)/t19-/m0/s1. The van der Waals surface area contributed by atoms with Gasteiger partial charge in [-0.2, -0.15) is 0 Å². The van der Waals surface area contributed by atoms with Crippen molar-refractivity contribution in [1.29, 1.82) is 0 Å². The Balaban J connectivity index is 1.85. The van der Waals surface area contributed by atoms with Crippen molar-refractivity contribution in [2.24, 2.45) is 0 Å². The molecule has 0 aliphatic heterocycles. The summed E-state index contributed by atoms with van der Waals surface area (Å²) in [5.41, 5.74) is 1.50. The highest BCUT2D eigenvalue weighted by Crippen LogP contribution is 2.19. The molecule has 1 N–H and O–H groups in total. The summed E-state index contributed by atoms with van der Waals surface area (Å²) in [5, 5.41) is 4.66. The number of fused-ring (bicyclic) bond motifs is 1. The number of benzene rings is 3. The van der Waals surface area contributed by atoms with Crippen LogP contribution in [0, 0.1) is 3.57 Å². The lowest BCUT2D eigenvalue weighted by Crippen LogP contribution is -2.43. The molecule has 0 heterocycles. The van der Waals surface area contributed by atoms with E-state index in [4.69, 9.17) is 4.74 Å². The molecule has 0 radical (unpaired) electrons. The van der Waals surface area contributed by atoms with Gasteiger partial charge in [0.05, 0.1) is 7.11 Å². The third-order valence-electron chi connectivity index (χ3n) is 4.18. The SMILES string of the molecule is COC(=O)[C@H](Cc1ccc(I)cc1)NC(=O)c1cccc2ccccc12. The van der Waals surface area contributed by atoms with Gasteiger partial charge in [-0.1, -0.05) is 48.5 Å². The van der Waals surface area contributed by atoms with Crippen molar-refractivity contribution in [3.63, 3.8) is 0 Å². The minimum absolute atomic E-state index is 0.289. The lowest BCUT2D eigenvalue weighted by Gasteiger charge is -2.17. The predicted octanol–water partition coefficient (Wildman–Crippen LogP) is 3.96. The van der Waals surface area contributed by atoms with Gasteiger partial charge in [0.1, 0.15) is 6.04 Å². The first kappa shape index (κ1) is 18.4. The van der Waals surface area contributed by atoms with Crippen molar-refractivity contribution in [1.82, 2.24) is 5.32 Å². The minimum Gasteiger partial charge on any atom is -0.467 e. The fraction of sp³-hybridized carbons (Fsp3) is 0.143. The van der Waals surface area contributed by atoms with Crippen molar-refractivity contribution >= 4 is 45.2 Å². The van der Waals surface area contributed by atoms with Crippen LogP contribution in [0.1, 0.15) is 15.9 Å². The molecule has 3 rings (SSSR count). The summed E-state index contributed by atoms with van der Waals surface area (Å²) in [6, 6.07) is 20.3. The highest BCUT2D eigenvalue weighted by molar-refractivity contribution is 14.1. The zero-order valence-electron chi connectivity index (χ0n) is 14.2. The molecule has 0 spiro atoms. The van der Waals surface area contributed by atoms with Crippen molar-refractivity contribution in [2.75, 3.05) is 7.11 Å². The quantitative estimate of drug-likeness (QED) is 0.465. The Hall–Kier alpha value is -2.41. The number of rotatable bonds is 5. The number of carbonyl (C=O) groups is 2. The number of hydrogen-bond donors (Lipinski definition) is 1. The summed E-state index contributed by atoms with van der Waals surface area (Å²) < 4.78 is 5.99. The molecule has 0 aromatic heterocycles. The molecule has 0 saturated carbocycles. The van der Waals surface area contributed by atoms with E-state index in [2.05, 4.69) is 27.9 Å². The number of esters is 1. The van der Waals surface area contributed by atoms with E-state index < -0.39 is 12.0 Å². The van der Waals surface area contributed by atoms with E-state index in [1.165, 1.54) is 7.11 Å². The predicted molar refractivity (Wildman–Crippen MR) is 110 cm³/mol. The largest absolute Gasteiger partial charge is 0.467 e. The summed E-state index contributed by atoms with van der Waals surface area (Å²) in [7, 11) is 1.33. The molecule has 3 aromatic rings. The van der Waals surface area contributed by atoms with E-state index in [1.54, 1.807) is 6.07 Å². The molecule has 4 nitrogen and oxygen atoms in total. The fourth-order valence-corrected chi connectivity index (χ4v) is 3.21. The van der Waals surface area contributed by atoms with Crippen LogP contribution in [0.25, 0.3) is 10.8 Å². The lowest BCUT2D eigenvalue weighted by atomic mass is 10.0. The second kappa shape index (κ2) is 8.31. The Morgan fingerprint density at radius 2 is 1.69 bits per heavy atom. The number of amides is 1. The van der Waals surface area contributed by atoms with E-state index in [0.29, 0.717) is 12.0 Å². The molecule has 0 saturated heterocycles. The van der Waals surface area contributed by atoms with Crippen LogP contribution in [0.2, 0.25) is 0 Å². The van der Waals surface area contributed by atoms with Gasteiger partial charge in [0.25, 0.3) is 5.91 Å². The Morgan fingerprint density at radius 3 is 2.42 bits per heavy atom. The normalized spacial score (nSPS) is 11.8. The summed E-state index contributed by atoms with van der Waals surface area (Å²) in [6.07, 6.45) is 0.375. The van der Waals surface area contributed by atoms with Crippen LogP contribution in [-0.4, -0.2) is 25.0 Å². The molecule has 1 atom stereocenters. The molecule has 0 aliphatic carbocycles. The van der Waals surface area contributed by atoms with E-state index in [1.807, 2.05) is 60.7 Å². The van der Waals surface area contributed by atoms with E-state index in [-0.39, 0.29) is 5.91 Å². The van der Waals surface area contributed by atoms with Crippen molar-refractivity contribution in [3.05, 3.63) is 81.4 Å². The van der Waals surface area contributed by atoms with E-state index in [0.717, 1.165) is 19.9 Å². The van der Waals surface area contributed by atoms with Gasteiger partial charge < -0.3 is 10.1 Å². The number of carbonyl (C=O) groups excluding carboxylic acids is 2. The highest BCUT2D eigenvalue weighted by Gasteiger charge is 2.23. The number of methoxy groups -OCH3 is 1. The summed E-state index contributed by atoms with van der Waals surface area (Å²) >= 11 is 2.23. The maximum absolute atomic E-state index is 12.8. The highest BCUT2D eigenvalue weighted by atomic mass is 127. The monoisotopic (exact) mass is 459 g/mol. The Labute approximate surface area is 165 Å². The third-order valence-corrected chi connectivity index (χ3v) is 4.90. The number of halogens is 1. The number of hydrogen-bond acceptors (Lipinski definition) is 3. The maximum Gasteiger partial charge on any atom is 0.328 e. The van der Waals surface area contributed by atoms with Crippen LogP contribution in [-0.2, 0) is 16.0 Å². The molecule has 1 amide bonds. The molecule has 132 valence electrons. The van der Waals surface area contributed by atoms with Gasteiger partial charge in [0.2, 0.25) is 0 Å². The summed E-state index contributed by atoms with van der Waals surface area (Å²) in [6.45, 7) is 0. The lowest BCUT2D eigenvalue weighted by molar-refractivity contribution is -0.142. The minimum atomic E-state index is -0.744. The van der Waals surface area contributed by atoms with Crippen LogP contribution < -0.4 is 5.32 Å². The average molecular weight is 459 g/mol. The Kier molecular flexibility index (Phi) is 5.88.